The van der Waals surface area contributed by atoms with Crippen molar-refractivity contribution in [2.24, 2.45) is 0 Å². The van der Waals surface area contributed by atoms with Gasteiger partial charge in [0.2, 0.25) is 0 Å². The van der Waals surface area contributed by atoms with Gasteiger partial charge in [-0.15, -0.1) is 10.2 Å². The van der Waals surface area contributed by atoms with Crippen LogP contribution in [0.25, 0.3) is 22.4 Å². The summed E-state index contributed by atoms with van der Waals surface area (Å²) in [6.07, 6.45) is 0. The number of aromatic nitrogens is 4. The van der Waals surface area contributed by atoms with Gasteiger partial charge >= 0.3 is 0 Å². The molecule has 5 rings (SSSR count). The fourth-order valence-electron chi connectivity index (χ4n) is 3.72. The topological polar surface area (TPSA) is 134 Å². The van der Waals surface area contributed by atoms with E-state index in [2.05, 4.69) is 15.5 Å². The van der Waals surface area contributed by atoms with Crippen molar-refractivity contribution < 1.29 is 14.3 Å². The highest BCUT2D eigenvalue weighted by Crippen LogP contribution is 2.28. The smallest absolute Gasteiger partial charge is 0.262 e. The summed E-state index contributed by atoms with van der Waals surface area (Å²) in [6.45, 7) is 1.78. The Morgan fingerprint density at radius 1 is 1.03 bits per heavy atom. The number of aryl methyl sites for hydroxylation is 1. The van der Waals surface area contributed by atoms with Crippen molar-refractivity contribution in [3.05, 3.63) is 68.5 Å². The third-order valence-corrected chi connectivity index (χ3v) is 5.55. The van der Waals surface area contributed by atoms with Crippen LogP contribution in [0.5, 0.6) is 5.75 Å². The maximum atomic E-state index is 12.8. The number of carbonyl (C=O) groups is 2. The minimum atomic E-state index is -0.644. The first kappa shape index (κ1) is 19.8. The van der Waals surface area contributed by atoms with E-state index in [4.69, 9.17) is 22.1 Å². The summed E-state index contributed by atoms with van der Waals surface area (Å²) in [6, 6.07) is 9.65. The van der Waals surface area contributed by atoms with Crippen LogP contribution in [0.1, 0.15) is 26.3 Å². The molecule has 0 radical (unpaired) electrons. The number of carbonyl (C=O) groups excluding carboxylic acids is 2. The molecule has 1 aliphatic rings. The molecule has 0 spiro atoms. The Morgan fingerprint density at radius 2 is 1.75 bits per heavy atom. The number of hydrogen-bond donors (Lipinski definition) is 2. The maximum absolute atomic E-state index is 12.8. The second kappa shape index (κ2) is 6.92. The first-order valence-corrected chi connectivity index (χ1v) is 9.79. The van der Waals surface area contributed by atoms with E-state index in [9.17, 15) is 14.4 Å². The molecule has 4 aromatic rings. The quantitative estimate of drug-likeness (QED) is 0.456. The highest BCUT2D eigenvalue weighted by molar-refractivity contribution is 6.32. The Hall–Kier alpha value is -4.18. The number of benzene rings is 2. The number of amides is 2. The lowest BCUT2D eigenvalue weighted by molar-refractivity contribution is 0.0880. The van der Waals surface area contributed by atoms with E-state index < -0.39 is 17.4 Å². The monoisotopic (exact) mass is 450 g/mol. The number of hydrogen-bond acceptors (Lipinski definition) is 7. The minimum absolute atomic E-state index is 0.0226. The third-order valence-electron chi connectivity index (χ3n) is 5.26. The zero-order valence-electron chi connectivity index (χ0n) is 16.8. The van der Waals surface area contributed by atoms with Gasteiger partial charge in [0, 0.05) is 6.07 Å². The third kappa shape index (κ3) is 2.84. The molecule has 0 fully saturated rings. The Kier molecular flexibility index (Phi) is 4.28. The van der Waals surface area contributed by atoms with Crippen LogP contribution in [-0.4, -0.2) is 38.5 Å². The van der Waals surface area contributed by atoms with Crippen molar-refractivity contribution in [2.45, 2.75) is 6.92 Å². The molecule has 10 nitrogen and oxygen atoms in total. The van der Waals surface area contributed by atoms with Gasteiger partial charge in [-0.1, -0.05) is 11.6 Å². The molecule has 0 unspecified atom stereocenters. The zero-order valence-corrected chi connectivity index (χ0v) is 17.6. The number of nitrogens with two attached hydrogens (primary N) is 1. The summed E-state index contributed by atoms with van der Waals surface area (Å²) < 4.78 is 6.36. The second-order valence-electron chi connectivity index (χ2n) is 7.21. The van der Waals surface area contributed by atoms with Crippen LogP contribution in [0, 0.1) is 6.92 Å². The molecule has 11 heteroatoms. The van der Waals surface area contributed by atoms with E-state index in [1.165, 1.54) is 16.5 Å². The molecule has 32 heavy (non-hydrogen) atoms. The zero-order chi connectivity index (χ0) is 22.7. The fourth-order valence-corrected chi connectivity index (χ4v) is 3.97. The van der Waals surface area contributed by atoms with Gasteiger partial charge in [0.15, 0.2) is 0 Å². The molecule has 0 atom stereocenters. The first-order chi connectivity index (χ1) is 15.3. The molecule has 0 saturated heterocycles. The molecule has 2 aromatic heterocycles. The molecule has 0 saturated carbocycles. The summed E-state index contributed by atoms with van der Waals surface area (Å²) in [5, 5.41) is 11.5. The molecular weight excluding hydrogens is 436 g/mol. The van der Waals surface area contributed by atoms with E-state index in [0.717, 1.165) is 6.07 Å². The second-order valence-corrected chi connectivity index (χ2v) is 7.62. The van der Waals surface area contributed by atoms with Crippen LogP contribution in [0.3, 0.4) is 0 Å². The number of pyridine rings is 1. The summed E-state index contributed by atoms with van der Waals surface area (Å²) in [5.41, 5.74) is 8.36. The van der Waals surface area contributed by atoms with Crippen molar-refractivity contribution in [1.29, 1.82) is 0 Å². The van der Waals surface area contributed by atoms with Crippen LogP contribution in [-0.2, 0) is 0 Å². The lowest BCUT2D eigenvalue weighted by atomic mass is 10.1. The van der Waals surface area contributed by atoms with E-state index in [0.29, 0.717) is 38.7 Å². The number of halogens is 1. The fraction of sp³-hybridized carbons (Fsp3) is 0.0952. The maximum Gasteiger partial charge on any atom is 0.262 e. The number of nitrogens with zero attached hydrogens (tertiary/aromatic N) is 4. The number of ether oxygens (including phenoxy) is 1. The molecule has 0 aliphatic carbocycles. The van der Waals surface area contributed by atoms with Crippen LogP contribution in [0.2, 0.25) is 5.02 Å². The van der Waals surface area contributed by atoms with Gasteiger partial charge in [-0.3, -0.25) is 24.3 Å². The SMILES string of the molecule is COc1ccc(-n2nc3cc(C)c(-n4c(N)c5c(cc4=O)C(=O)NC5=O)cc3n2)cc1Cl. The van der Waals surface area contributed by atoms with E-state index in [1.807, 2.05) is 0 Å². The van der Waals surface area contributed by atoms with Crippen molar-refractivity contribution >= 4 is 40.3 Å². The van der Waals surface area contributed by atoms with Crippen LogP contribution in [0.15, 0.2) is 41.2 Å². The lowest BCUT2D eigenvalue weighted by Gasteiger charge is -2.13. The van der Waals surface area contributed by atoms with Crippen LogP contribution >= 0.6 is 11.6 Å². The summed E-state index contributed by atoms with van der Waals surface area (Å²) in [4.78, 5) is 38.3. The molecule has 3 N–H and O–H groups in total. The van der Waals surface area contributed by atoms with Gasteiger partial charge in [0.25, 0.3) is 17.4 Å². The first-order valence-electron chi connectivity index (χ1n) is 9.41. The number of fused-ring (bicyclic) bond motifs is 2. The normalized spacial score (nSPS) is 12.8. The Labute approximate surface area is 185 Å². The van der Waals surface area contributed by atoms with Crippen LogP contribution in [0.4, 0.5) is 5.82 Å². The Balaban J connectivity index is 1.68. The van der Waals surface area contributed by atoms with Crippen molar-refractivity contribution in [2.75, 3.05) is 12.8 Å². The van der Waals surface area contributed by atoms with Crippen molar-refractivity contribution in [1.82, 2.24) is 24.9 Å². The number of methoxy groups -OCH3 is 1. The van der Waals surface area contributed by atoms with Gasteiger partial charge in [0.1, 0.15) is 22.6 Å². The van der Waals surface area contributed by atoms with Gasteiger partial charge < -0.3 is 10.5 Å². The van der Waals surface area contributed by atoms with Crippen molar-refractivity contribution in [3.63, 3.8) is 0 Å². The van der Waals surface area contributed by atoms with Crippen LogP contribution < -0.4 is 21.3 Å². The standard InChI is InChI=1S/C21H15ClN6O4/c1-9-5-13-14(26-28(25-13)10-3-4-16(32-2)12(22)6-10)8-15(9)27-17(29)7-11-18(19(27)23)21(31)24-20(11)30/h3-8H,23H2,1-2H3,(H,24,30,31). The molecule has 1 aliphatic heterocycles. The van der Waals surface area contributed by atoms with E-state index >= 15 is 0 Å². The summed E-state index contributed by atoms with van der Waals surface area (Å²) >= 11 is 6.21. The average molecular weight is 451 g/mol. The Bertz CT molecular complexity index is 1540. The van der Waals surface area contributed by atoms with Gasteiger partial charge in [-0.25, -0.2) is 0 Å². The lowest BCUT2D eigenvalue weighted by Crippen LogP contribution is -2.24. The molecule has 160 valence electrons. The molecule has 2 aromatic carbocycles. The number of rotatable bonds is 3. The van der Waals surface area contributed by atoms with E-state index in [-0.39, 0.29) is 16.9 Å². The van der Waals surface area contributed by atoms with Gasteiger partial charge in [-0.05, 0) is 42.8 Å². The number of nitrogen functional groups attached to an aromatic ring is 1. The average Bonchev–Trinajstić information content (AvgIpc) is 3.28. The Morgan fingerprint density at radius 3 is 2.44 bits per heavy atom. The summed E-state index contributed by atoms with van der Waals surface area (Å²) in [7, 11) is 1.53. The molecule has 2 amide bonds. The predicted octanol–water partition coefficient (Wildman–Crippen LogP) is 2.01. The number of nitrogens with one attached hydrogen (secondary N) is 1. The number of imide groups is 1. The molecular formula is C21H15ClN6O4. The highest BCUT2D eigenvalue weighted by Gasteiger charge is 2.32. The van der Waals surface area contributed by atoms with E-state index in [1.54, 1.807) is 37.3 Å². The van der Waals surface area contributed by atoms with Crippen molar-refractivity contribution in [3.8, 4) is 17.1 Å². The van der Waals surface area contributed by atoms with Gasteiger partial charge in [0.05, 0.1) is 34.6 Å². The number of anilines is 1. The summed E-state index contributed by atoms with van der Waals surface area (Å²) in [5.74, 6) is -0.876. The largest absolute Gasteiger partial charge is 0.495 e. The molecule has 3 heterocycles. The predicted molar refractivity (Wildman–Crippen MR) is 117 cm³/mol. The molecule has 0 bridgehead atoms. The van der Waals surface area contributed by atoms with Gasteiger partial charge in [-0.2, -0.15) is 4.80 Å². The minimum Gasteiger partial charge on any atom is -0.495 e. The highest BCUT2D eigenvalue weighted by atomic mass is 35.5.